The van der Waals surface area contributed by atoms with E-state index >= 15 is 0 Å². The molecule has 0 fully saturated rings. The fourth-order valence-corrected chi connectivity index (χ4v) is 1.67. The van der Waals surface area contributed by atoms with Gasteiger partial charge in [-0.15, -0.1) is 0 Å². The first kappa shape index (κ1) is 10.1. The van der Waals surface area contributed by atoms with Gasteiger partial charge in [0.1, 0.15) is 5.82 Å². The van der Waals surface area contributed by atoms with E-state index in [1.165, 1.54) is 12.1 Å². The van der Waals surface area contributed by atoms with Crippen LogP contribution in [0, 0.1) is 5.82 Å². The Balaban J connectivity index is 2.58. The molecule has 0 spiro atoms. The van der Waals surface area contributed by atoms with E-state index in [0.717, 1.165) is 16.5 Å². The van der Waals surface area contributed by atoms with Gasteiger partial charge in [-0.1, -0.05) is 6.07 Å². The minimum atomic E-state index is -0.235. The van der Waals surface area contributed by atoms with Crippen LogP contribution in [-0.2, 0) is 6.42 Å². The molecule has 15 heavy (non-hydrogen) atoms. The zero-order valence-electron chi connectivity index (χ0n) is 8.57. The normalized spacial score (nSPS) is 13.0. The molecule has 0 aliphatic heterocycles. The Kier molecular flexibility index (Phi) is 2.64. The van der Waals surface area contributed by atoms with Crippen molar-refractivity contribution in [2.75, 3.05) is 0 Å². The molecule has 0 aliphatic carbocycles. The monoisotopic (exact) mass is 204 g/mol. The summed E-state index contributed by atoms with van der Waals surface area (Å²) in [6.07, 6.45) is 2.40. The van der Waals surface area contributed by atoms with Crippen molar-refractivity contribution in [1.82, 2.24) is 4.98 Å². The van der Waals surface area contributed by atoms with Gasteiger partial charge in [-0.25, -0.2) is 4.39 Å². The van der Waals surface area contributed by atoms with Gasteiger partial charge in [-0.2, -0.15) is 0 Å². The van der Waals surface area contributed by atoms with Crippen molar-refractivity contribution in [3.8, 4) is 0 Å². The molecule has 2 nitrogen and oxygen atoms in total. The summed E-state index contributed by atoms with van der Waals surface area (Å²) in [5, 5.41) is 1.86. The quantitative estimate of drug-likeness (QED) is 0.815. The van der Waals surface area contributed by atoms with E-state index in [2.05, 4.69) is 4.98 Å². The Morgan fingerprint density at radius 3 is 2.93 bits per heavy atom. The van der Waals surface area contributed by atoms with Crippen LogP contribution in [-0.4, -0.2) is 11.0 Å². The van der Waals surface area contributed by atoms with Gasteiger partial charge in [0.15, 0.2) is 0 Å². The van der Waals surface area contributed by atoms with Gasteiger partial charge in [-0.05, 0) is 30.5 Å². The second-order valence-electron chi connectivity index (χ2n) is 3.80. The number of rotatable bonds is 2. The van der Waals surface area contributed by atoms with Gasteiger partial charge in [0.05, 0.1) is 0 Å². The molecule has 1 unspecified atom stereocenters. The van der Waals surface area contributed by atoms with Crippen LogP contribution in [0.15, 0.2) is 30.5 Å². The summed E-state index contributed by atoms with van der Waals surface area (Å²) in [5.41, 5.74) is 6.58. The summed E-state index contributed by atoms with van der Waals surface area (Å²) in [5.74, 6) is -0.235. The lowest BCUT2D eigenvalue weighted by molar-refractivity contribution is 0.629. The SMILES string of the molecule is CC(N)Cc1nccc2ccc(F)cc12. The van der Waals surface area contributed by atoms with Crippen molar-refractivity contribution >= 4 is 10.8 Å². The summed E-state index contributed by atoms with van der Waals surface area (Å²) in [4.78, 5) is 4.24. The van der Waals surface area contributed by atoms with Crippen LogP contribution in [0.4, 0.5) is 4.39 Å². The summed E-state index contributed by atoms with van der Waals surface area (Å²) in [6, 6.07) is 6.64. The van der Waals surface area contributed by atoms with Crippen LogP contribution in [0.1, 0.15) is 12.6 Å². The molecule has 1 atom stereocenters. The number of benzene rings is 1. The first-order valence-electron chi connectivity index (χ1n) is 4.95. The molecule has 2 rings (SSSR count). The average molecular weight is 204 g/mol. The van der Waals surface area contributed by atoms with Crippen LogP contribution in [0.25, 0.3) is 10.8 Å². The highest BCUT2D eigenvalue weighted by atomic mass is 19.1. The minimum Gasteiger partial charge on any atom is -0.328 e. The number of aromatic nitrogens is 1. The van der Waals surface area contributed by atoms with E-state index in [9.17, 15) is 4.39 Å². The number of fused-ring (bicyclic) bond motifs is 1. The van der Waals surface area contributed by atoms with Gasteiger partial charge < -0.3 is 5.73 Å². The number of nitrogens with zero attached hydrogens (tertiary/aromatic N) is 1. The summed E-state index contributed by atoms with van der Waals surface area (Å²) >= 11 is 0. The van der Waals surface area contributed by atoms with Crippen molar-refractivity contribution in [2.45, 2.75) is 19.4 Å². The molecule has 0 aliphatic rings. The van der Waals surface area contributed by atoms with E-state index in [-0.39, 0.29) is 11.9 Å². The molecular weight excluding hydrogens is 191 g/mol. The third kappa shape index (κ3) is 2.13. The minimum absolute atomic E-state index is 0.0337. The number of hydrogen-bond acceptors (Lipinski definition) is 2. The molecule has 0 saturated carbocycles. The van der Waals surface area contributed by atoms with Gasteiger partial charge >= 0.3 is 0 Å². The summed E-state index contributed by atoms with van der Waals surface area (Å²) < 4.78 is 13.1. The van der Waals surface area contributed by atoms with Crippen LogP contribution in [0.5, 0.6) is 0 Å². The summed E-state index contributed by atoms with van der Waals surface area (Å²) in [6.45, 7) is 1.92. The molecule has 1 aromatic heterocycles. The molecular formula is C12H13FN2. The molecule has 3 heteroatoms. The van der Waals surface area contributed by atoms with E-state index < -0.39 is 0 Å². The standard InChI is InChI=1S/C12H13FN2/c1-8(14)6-12-11-7-10(13)3-2-9(11)4-5-15-12/h2-5,7-8H,6,14H2,1H3. The lowest BCUT2D eigenvalue weighted by atomic mass is 10.1. The lowest BCUT2D eigenvalue weighted by Gasteiger charge is -2.07. The van der Waals surface area contributed by atoms with Crippen molar-refractivity contribution < 1.29 is 4.39 Å². The predicted octanol–water partition coefficient (Wildman–Crippen LogP) is 2.26. The van der Waals surface area contributed by atoms with Crippen LogP contribution >= 0.6 is 0 Å². The Morgan fingerprint density at radius 2 is 2.20 bits per heavy atom. The molecule has 0 saturated heterocycles. The second kappa shape index (κ2) is 3.95. The Hall–Kier alpha value is -1.48. The van der Waals surface area contributed by atoms with E-state index in [0.29, 0.717) is 6.42 Å². The smallest absolute Gasteiger partial charge is 0.123 e. The van der Waals surface area contributed by atoms with Crippen molar-refractivity contribution in [3.63, 3.8) is 0 Å². The fourth-order valence-electron chi connectivity index (χ4n) is 1.67. The number of halogens is 1. The van der Waals surface area contributed by atoms with Crippen molar-refractivity contribution in [2.24, 2.45) is 5.73 Å². The maximum atomic E-state index is 13.1. The average Bonchev–Trinajstić information content (AvgIpc) is 2.18. The van der Waals surface area contributed by atoms with Gasteiger partial charge in [0.25, 0.3) is 0 Å². The van der Waals surface area contributed by atoms with Crippen LogP contribution in [0.3, 0.4) is 0 Å². The summed E-state index contributed by atoms with van der Waals surface area (Å²) in [7, 11) is 0. The molecule has 1 heterocycles. The number of pyridine rings is 1. The lowest BCUT2D eigenvalue weighted by Crippen LogP contribution is -2.18. The zero-order chi connectivity index (χ0) is 10.8. The highest BCUT2D eigenvalue weighted by molar-refractivity contribution is 5.84. The first-order valence-corrected chi connectivity index (χ1v) is 4.95. The predicted molar refractivity (Wildman–Crippen MR) is 59.1 cm³/mol. The van der Waals surface area contributed by atoms with Crippen molar-refractivity contribution in [3.05, 3.63) is 42.0 Å². The van der Waals surface area contributed by atoms with Gasteiger partial charge in [-0.3, -0.25) is 4.98 Å². The Bertz CT molecular complexity index is 480. The van der Waals surface area contributed by atoms with Gasteiger partial charge in [0, 0.05) is 29.7 Å². The molecule has 2 N–H and O–H groups in total. The van der Waals surface area contributed by atoms with Crippen LogP contribution in [0.2, 0.25) is 0 Å². The highest BCUT2D eigenvalue weighted by Gasteiger charge is 2.05. The molecule has 0 bridgehead atoms. The first-order chi connectivity index (χ1) is 7.16. The molecule has 2 aromatic rings. The van der Waals surface area contributed by atoms with E-state index in [4.69, 9.17) is 5.73 Å². The molecule has 1 aromatic carbocycles. The largest absolute Gasteiger partial charge is 0.328 e. The third-order valence-electron chi connectivity index (χ3n) is 2.33. The Labute approximate surface area is 87.9 Å². The Morgan fingerprint density at radius 1 is 1.40 bits per heavy atom. The van der Waals surface area contributed by atoms with E-state index in [1.54, 1.807) is 12.3 Å². The zero-order valence-corrected chi connectivity index (χ0v) is 8.57. The fraction of sp³-hybridized carbons (Fsp3) is 0.250. The van der Waals surface area contributed by atoms with E-state index in [1.807, 2.05) is 13.0 Å². The van der Waals surface area contributed by atoms with Gasteiger partial charge in [0.2, 0.25) is 0 Å². The maximum absolute atomic E-state index is 13.1. The van der Waals surface area contributed by atoms with Crippen molar-refractivity contribution in [1.29, 1.82) is 0 Å². The highest BCUT2D eigenvalue weighted by Crippen LogP contribution is 2.18. The third-order valence-corrected chi connectivity index (χ3v) is 2.33. The maximum Gasteiger partial charge on any atom is 0.123 e. The number of hydrogen-bond donors (Lipinski definition) is 1. The molecule has 0 radical (unpaired) electrons. The topological polar surface area (TPSA) is 38.9 Å². The molecule has 78 valence electrons. The molecule has 0 amide bonds. The number of nitrogens with two attached hydrogens (primary N) is 1. The second-order valence-corrected chi connectivity index (χ2v) is 3.80. The van der Waals surface area contributed by atoms with Crippen LogP contribution < -0.4 is 5.73 Å².